The molecule has 0 unspecified atom stereocenters. The Hall–Kier alpha value is -1.71. The van der Waals surface area contributed by atoms with Gasteiger partial charge in [-0.3, -0.25) is 4.79 Å². The van der Waals surface area contributed by atoms with Gasteiger partial charge in [0.2, 0.25) is 0 Å². The van der Waals surface area contributed by atoms with Gasteiger partial charge in [0, 0.05) is 24.7 Å². The van der Waals surface area contributed by atoms with Gasteiger partial charge in [-0.05, 0) is 43.9 Å². The summed E-state index contributed by atoms with van der Waals surface area (Å²) in [5, 5.41) is 3.37. The number of rotatable bonds is 3. The predicted octanol–water partition coefficient (Wildman–Crippen LogP) is 2.08. The van der Waals surface area contributed by atoms with Gasteiger partial charge in [0.15, 0.2) is 0 Å². The smallest absolute Gasteiger partial charge is 0.253 e. The maximum Gasteiger partial charge on any atom is 0.253 e. The summed E-state index contributed by atoms with van der Waals surface area (Å²) in [6.07, 6.45) is 4.66. The van der Waals surface area contributed by atoms with Crippen LogP contribution in [-0.4, -0.2) is 29.9 Å². The number of nitrogens with one attached hydrogen (secondary N) is 1. The van der Waals surface area contributed by atoms with Crippen LogP contribution in [0, 0.1) is 0 Å². The number of likely N-dealkylation sites (tertiary alicyclic amines) is 1. The SMILES string of the molecule is Nc1cc(C(=O)N2CCCC2)ccc1NC1CC1. The fourth-order valence-electron chi connectivity index (χ4n) is 2.38. The van der Waals surface area contributed by atoms with E-state index in [0.29, 0.717) is 17.3 Å². The molecule has 0 spiro atoms. The molecule has 0 bridgehead atoms. The number of carbonyl (C=O) groups is 1. The molecule has 1 saturated heterocycles. The lowest BCUT2D eigenvalue weighted by Gasteiger charge is -2.16. The lowest BCUT2D eigenvalue weighted by atomic mass is 10.1. The first-order valence-corrected chi connectivity index (χ1v) is 6.69. The summed E-state index contributed by atoms with van der Waals surface area (Å²) < 4.78 is 0. The fraction of sp³-hybridized carbons (Fsp3) is 0.500. The van der Waals surface area contributed by atoms with Crippen LogP contribution in [0.3, 0.4) is 0 Å². The summed E-state index contributed by atoms with van der Waals surface area (Å²) in [5.41, 5.74) is 8.33. The van der Waals surface area contributed by atoms with Gasteiger partial charge < -0.3 is 16.0 Å². The number of carbonyl (C=O) groups excluding carboxylic acids is 1. The van der Waals surface area contributed by atoms with Crippen molar-refractivity contribution in [3.63, 3.8) is 0 Å². The maximum atomic E-state index is 12.2. The van der Waals surface area contributed by atoms with Crippen molar-refractivity contribution in [1.29, 1.82) is 0 Å². The van der Waals surface area contributed by atoms with Crippen LogP contribution in [0.2, 0.25) is 0 Å². The Balaban J connectivity index is 1.75. The van der Waals surface area contributed by atoms with Crippen LogP contribution in [0.5, 0.6) is 0 Å². The average molecular weight is 245 g/mol. The zero-order valence-corrected chi connectivity index (χ0v) is 10.5. The topological polar surface area (TPSA) is 58.4 Å². The molecular weight excluding hydrogens is 226 g/mol. The highest BCUT2D eigenvalue weighted by Gasteiger charge is 2.23. The van der Waals surface area contributed by atoms with E-state index in [1.807, 2.05) is 17.0 Å². The molecule has 2 fully saturated rings. The number of benzene rings is 1. The number of nitrogens with two attached hydrogens (primary N) is 1. The van der Waals surface area contributed by atoms with Gasteiger partial charge in [-0.25, -0.2) is 0 Å². The molecule has 4 nitrogen and oxygen atoms in total. The van der Waals surface area contributed by atoms with Crippen LogP contribution >= 0.6 is 0 Å². The monoisotopic (exact) mass is 245 g/mol. The second-order valence-corrected chi connectivity index (χ2v) is 5.22. The summed E-state index contributed by atoms with van der Waals surface area (Å²) in [7, 11) is 0. The van der Waals surface area contributed by atoms with Crippen LogP contribution in [0.4, 0.5) is 11.4 Å². The molecule has 2 aliphatic rings. The molecule has 0 aromatic heterocycles. The summed E-state index contributed by atoms with van der Waals surface area (Å²) in [6, 6.07) is 6.18. The predicted molar refractivity (Wildman–Crippen MR) is 72.6 cm³/mol. The molecular formula is C14H19N3O. The zero-order chi connectivity index (χ0) is 12.5. The molecule has 4 heteroatoms. The second-order valence-electron chi connectivity index (χ2n) is 5.22. The van der Waals surface area contributed by atoms with Crippen molar-refractivity contribution in [1.82, 2.24) is 4.90 Å². The fourth-order valence-corrected chi connectivity index (χ4v) is 2.38. The number of nitrogen functional groups attached to an aromatic ring is 1. The third-order valence-corrected chi connectivity index (χ3v) is 3.63. The molecule has 3 rings (SSSR count). The highest BCUT2D eigenvalue weighted by Crippen LogP contribution is 2.29. The average Bonchev–Trinajstić information content (AvgIpc) is 3.02. The summed E-state index contributed by atoms with van der Waals surface area (Å²) >= 11 is 0. The largest absolute Gasteiger partial charge is 0.397 e. The van der Waals surface area contributed by atoms with E-state index >= 15 is 0 Å². The molecule has 0 radical (unpaired) electrons. The summed E-state index contributed by atoms with van der Waals surface area (Å²) in [6.45, 7) is 1.75. The van der Waals surface area contributed by atoms with Crippen molar-refractivity contribution in [3.05, 3.63) is 23.8 Å². The molecule has 1 saturated carbocycles. The van der Waals surface area contributed by atoms with E-state index in [9.17, 15) is 4.79 Å². The van der Waals surface area contributed by atoms with E-state index in [0.717, 1.165) is 31.6 Å². The molecule has 3 N–H and O–H groups in total. The van der Waals surface area contributed by atoms with E-state index in [2.05, 4.69) is 5.32 Å². The van der Waals surface area contributed by atoms with Crippen LogP contribution in [0.15, 0.2) is 18.2 Å². The first-order valence-electron chi connectivity index (χ1n) is 6.69. The zero-order valence-electron chi connectivity index (χ0n) is 10.5. The van der Waals surface area contributed by atoms with E-state index < -0.39 is 0 Å². The van der Waals surface area contributed by atoms with Gasteiger partial charge in [0.25, 0.3) is 5.91 Å². The third kappa shape index (κ3) is 2.28. The summed E-state index contributed by atoms with van der Waals surface area (Å²) in [4.78, 5) is 14.1. The number of hydrogen-bond donors (Lipinski definition) is 2. The maximum absolute atomic E-state index is 12.2. The molecule has 96 valence electrons. The van der Waals surface area contributed by atoms with Gasteiger partial charge >= 0.3 is 0 Å². The van der Waals surface area contributed by atoms with Gasteiger partial charge in [0.05, 0.1) is 11.4 Å². The highest BCUT2D eigenvalue weighted by molar-refractivity contribution is 5.96. The standard InChI is InChI=1S/C14H19N3O/c15-12-9-10(14(18)17-7-1-2-8-17)3-6-13(12)16-11-4-5-11/h3,6,9,11,16H,1-2,4-5,7-8,15H2. The normalized spacial score (nSPS) is 19.0. The summed E-state index contributed by atoms with van der Waals surface area (Å²) in [5.74, 6) is 0.108. The van der Waals surface area contributed by atoms with Crippen molar-refractivity contribution in [2.75, 3.05) is 24.1 Å². The molecule has 0 atom stereocenters. The van der Waals surface area contributed by atoms with Crippen LogP contribution in [-0.2, 0) is 0 Å². The number of amides is 1. The quantitative estimate of drug-likeness (QED) is 0.802. The van der Waals surface area contributed by atoms with E-state index in [4.69, 9.17) is 5.73 Å². The van der Waals surface area contributed by atoms with Gasteiger partial charge in [0.1, 0.15) is 0 Å². The van der Waals surface area contributed by atoms with Crippen LogP contribution < -0.4 is 11.1 Å². The van der Waals surface area contributed by atoms with Crippen molar-refractivity contribution in [2.24, 2.45) is 0 Å². The number of anilines is 2. The Kier molecular flexibility index (Phi) is 2.86. The van der Waals surface area contributed by atoms with Crippen molar-refractivity contribution >= 4 is 17.3 Å². The lowest BCUT2D eigenvalue weighted by molar-refractivity contribution is 0.0793. The lowest BCUT2D eigenvalue weighted by Crippen LogP contribution is -2.27. The van der Waals surface area contributed by atoms with Gasteiger partial charge in [-0.15, -0.1) is 0 Å². The Bertz CT molecular complexity index is 462. The molecule has 1 amide bonds. The minimum atomic E-state index is 0.108. The molecule has 1 aromatic carbocycles. The van der Waals surface area contributed by atoms with Gasteiger partial charge in [-0.1, -0.05) is 0 Å². The molecule has 1 aromatic rings. The Morgan fingerprint density at radius 1 is 1.28 bits per heavy atom. The first-order chi connectivity index (χ1) is 8.74. The molecule has 1 aliphatic carbocycles. The molecule has 18 heavy (non-hydrogen) atoms. The molecule has 1 heterocycles. The van der Waals surface area contributed by atoms with E-state index in [-0.39, 0.29) is 5.91 Å². The number of nitrogens with zero attached hydrogens (tertiary/aromatic N) is 1. The van der Waals surface area contributed by atoms with Gasteiger partial charge in [-0.2, -0.15) is 0 Å². The Morgan fingerprint density at radius 2 is 2.00 bits per heavy atom. The van der Waals surface area contributed by atoms with Crippen LogP contribution in [0.1, 0.15) is 36.0 Å². The van der Waals surface area contributed by atoms with E-state index in [1.165, 1.54) is 12.8 Å². The minimum Gasteiger partial charge on any atom is -0.397 e. The first kappa shape index (κ1) is 11.4. The van der Waals surface area contributed by atoms with Crippen molar-refractivity contribution in [2.45, 2.75) is 31.7 Å². The third-order valence-electron chi connectivity index (χ3n) is 3.63. The minimum absolute atomic E-state index is 0.108. The molecule has 1 aliphatic heterocycles. The van der Waals surface area contributed by atoms with Crippen molar-refractivity contribution < 1.29 is 4.79 Å². The Labute approximate surface area is 107 Å². The number of hydrogen-bond acceptors (Lipinski definition) is 3. The Morgan fingerprint density at radius 3 is 2.61 bits per heavy atom. The highest BCUT2D eigenvalue weighted by atomic mass is 16.2. The second kappa shape index (κ2) is 4.52. The van der Waals surface area contributed by atoms with Crippen LogP contribution in [0.25, 0.3) is 0 Å². The van der Waals surface area contributed by atoms with E-state index in [1.54, 1.807) is 6.07 Å². The van der Waals surface area contributed by atoms with Crippen molar-refractivity contribution in [3.8, 4) is 0 Å².